The summed E-state index contributed by atoms with van der Waals surface area (Å²) in [5.74, 6) is 2.00. The summed E-state index contributed by atoms with van der Waals surface area (Å²) in [5, 5.41) is 2.90. The number of amides is 1. The van der Waals surface area contributed by atoms with Crippen molar-refractivity contribution in [2.24, 2.45) is 0 Å². The first-order valence-corrected chi connectivity index (χ1v) is 8.29. The second-order valence-corrected chi connectivity index (χ2v) is 5.92. The third-order valence-corrected chi connectivity index (χ3v) is 3.71. The zero-order valence-corrected chi connectivity index (χ0v) is 15.1. The van der Waals surface area contributed by atoms with Crippen LogP contribution in [0.15, 0.2) is 48.5 Å². The molecular weight excluding hydrogens is 318 g/mol. The Labute approximate surface area is 148 Å². The fraction of sp³-hybridized carbons (Fsp3) is 0.350. The van der Waals surface area contributed by atoms with Crippen molar-refractivity contribution in [2.75, 3.05) is 13.7 Å². The highest BCUT2D eigenvalue weighted by atomic mass is 16.5. The van der Waals surface area contributed by atoms with Crippen LogP contribution in [0.2, 0.25) is 0 Å². The summed E-state index contributed by atoms with van der Waals surface area (Å²) in [6, 6.07) is 14.8. The summed E-state index contributed by atoms with van der Waals surface area (Å²) in [6.07, 6.45) is -0.602. The SMILES string of the molecule is COc1ccc(O[C@@H](C)C(=O)N[C@H](C)COc2ccccc2C)cc1. The van der Waals surface area contributed by atoms with Crippen LogP contribution in [-0.2, 0) is 4.79 Å². The molecule has 2 atom stereocenters. The Kier molecular flexibility index (Phi) is 6.69. The van der Waals surface area contributed by atoms with Gasteiger partial charge in [0, 0.05) is 0 Å². The summed E-state index contributed by atoms with van der Waals surface area (Å²) < 4.78 is 16.5. The fourth-order valence-electron chi connectivity index (χ4n) is 2.25. The summed E-state index contributed by atoms with van der Waals surface area (Å²) in [7, 11) is 1.60. The van der Waals surface area contributed by atoms with Crippen LogP contribution in [0.4, 0.5) is 0 Å². The molecule has 0 spiro atoms. The molecule has 0 bridgehead atoms. The van der Waals surface area contributed by atoms with Crippen LogP contribution in [0.25, 0.3) is 0 Å². The molecule has 0 heterocycles. The molecule has 0 unspecified atom stereocenters. The van der Waals surface area contributed by atoms with Crippen LogP contribution in [0.5, 0.6) is 17.2 Å². The molecule has 0 fully saturated rings. The van der Waals surface area contributed by atoms with Gasteiger partial charge in [0.05, 0.1) is 13.2 Å². The third kappa shape index (κ3) is 5.71. The summed E-state index contributed by atoms with van der Waals surface area (Å²) in [4.78, 5) is 12.2. The number of carbonyl (C=O) groups excluding carboxylic acids is 1. The molecule has 0 aromatic heterocycles. The first-order chi connectivity index (χ1) is 12.0. The molecule has 0 aliphatic carbocycles. The molecule has 134 valence electrons. The number of benzene rings is 2. The number of methoxy groups -OCH3 is 1. The normalized spacial score (nSPS) is 12.8. The van der Waals surface area contributed by atoms with Crippen molar-refractivity contribution in [1.29, 1.82) is 0 Å². The molecule has 0 aliphatic heterocycles. The molecule has 5 nitrogen and oxygen atoms in total. The van der Waals surface area contributed by atoms with Gasteiger partial charge in [0.2, 0.25) is 0 Å². The van der Waals surface area contributed by atoms with Gasteiger partial charge in [0.1, 0.15) is 23.9 Å². The van der Waals surface area contributed by atoms with Crippen LogP contribution in [0.1, 0.15) is 19.4 Å². The van der Waals surface area contributed by atoms with E-state index in [1.54, 1.807) is 38.3 Å². The van der Waals surface area contributed by atoms with E-state index in [1.807, 2.05) is 38.1 Å². The number of ether oxygens (including phenoxy) is 3. The zero-order chi connectivity index (χ0) is 18.2. The van der Waals surface area contributed by atoms with E-state index in [9.17, 15) is 4.79 Å². The Balaban J connectivity index is 1.80. The van der Waals surface area contributed by atoms with Gasteiger partial charge >= 0.3 is 0 Å². The van der Waals surface area contributed by atoms with E-state index < -0.39 is 6.10 Å². The van der Waals surface area contributed by atoms with Crippen molar-refractivity contribution in [3.63, 3.8) is 0 Å². The van der Waals surface area contributed by atoms with E-state index in [0.29, 0.717) is 12.4 Å². The largest absolute Gasteiger partial charge is 0.497 e. The van der Waals surface area contributed by atoms with E-state index in [1.165, 1.54) is 0 Å². The van der Waals surface area contributed by atoms with Crippen molar-refractivity contribution in [3.8, 4) is 17.2 Å². The molecule has 2 aromatic rings. The number of carbonyl (C=O) groups is 1. The van der Waals surface area contributed by atoms with Crippen molar-refractivity contribution in [1.82, 2.24) is 5.32 Å². The van der Waals surface area contributed by atoms with Crippen LogP contribution in [0.3, 0.4) is 0 Å². The lowest BCUT2D eigenvalue weighted by Crippen LogP contribution is -2.43. The second kappa shape index (κ2) is 8.97. The third-order valence-electron chi connectivity index (χ3n) is 3.71. The van der Waals surface area contributed by atoms with Crippen LogP contribution >= 0.6 is 0 Å². The Morgan fingerprint density at radius 3 is 2.32 bits per heavy atom. The van der Waals surface area contributed by atoms with Crippen LogP contribution in [0, 0.1) is 6.92 Å². The Morgan fingerprint density at radius 2 is 1.68 bits per heavy atom. The second-order valence-electron chi connectivity index (χ2n) is 5.92. The molecule has 0 radical (unpaired) electrons. The Hall–Kier alpha value is -2.69. The lowest BCUT2D eigenvalue weighted by atomic mass is 10.2. The number of rotatable bonds is 8. The quantitative estimate of drug-likeness (QED) is 0.798. The molecule has 0 saturated heterocycles. The maximum Gasteiger partial charge on any atom is 0.261 e. The molecule has 0 saturated carbocycles. The van der Waals surface area contributed by atoms with Gasteiger partial charge in [-0.3, -0.25) is 4.79 Å². The van der Waals surface area contributed by atoms with Gasteiger partial charge in [-0.15, -0.1) is 0 Å². The van der Waals surface area contributed by atoms with Gasteiger partial charge in [-0.05, 0) is 56.7 Å². The highest BCUT2D eigenvalue weighted by Gasteiger charge is 2.17. The zero-order valence-electron chi connectivity index (χ0n) is 15.1. The average molecular weight is 343 g/mol. The van der Waals surface area contributed by atoms with E-state index in [2.05, 4.69) is 5.32 Å². The minimum Gasteiger partial charge on any atom is -0.497 e. The van der Waals surface area contributed by atoms with Crippen molar-refractivity contribution >= 4 is 5.91 Å². The number of para-hydroxylation sites is 1. The van der Waals surface area contributed by atoms with Gasteiger partial charge in [-0.25, -0.2) is 0 Å². The number of nitrogens with one attached hydrogen (secondary N) is 1. The Morgan fingerprint density at radius 1 is 1.04 bits per heavy atom. The summed E-state index contributed by atoms with van der Waals surface area (Å²) in [5.41, 5.74) is 1.07. The number of aryl methyl sites for hydroxylation is 1. The Bertz CT molecular complexity index is 684. The predicted molar refractivity (Wildman–Crippen MR) is 97.4 cm³/mol. The fourth-order valence-corrected chi connectivity index (χ4v) is 2.25. The monoisotopic (exact) mass is 343 g/mol. The predicted octanol–water partition coefficient (Wildman–Crippen LogP) is 3.35. The van der Waals surface area contributed by atoms with Gasteiger partial charge in [-0.2, -0.15) is 0 Å². The minimum atomic E-state index is -0.602. The maximum absolute atomic E-state index is 12.2. The van der Waals surface area contributed by atoms with Gasteiger partial charge in [0.15, 0.2) is 6.10 Å². The minimum absolute atomic E-state index is 0.131. The van der Waals surface area contributed by atoms with Crippen molar-refractivity contribution in [2.45, 2.75) is 32.9 Å². The molecular formula is C20H25NO4. The smallest absolute Gasteiger partial charge is 0.261 e. The molecule has 1 amide bonds. The van der Waals surface area contributed by atoms with Crippen LogP contribution in [-0.4, -0.2) is 31.8 Å². The topological polar surface area (TPSA) is 56.8 Å². The van der Waals surface area contributed by atoms with Crippen molar-refractivity contribution < 1.29 is 19.0 Å². The van der Waals surface area contributed by atoms with E-state index in [0.717, 1.165) is 17.1 Å². The average Bonchev–Trinajstić information content (AvgIpc) is 2.61. The molecule has 1 N–H and O–H groups in total. The molecule has 2 rings (SSSR count). The molecule has 5 heteroatoms. The molecule has 2 aromatic carbocycles. The number of hydrogen-bond acceptors (Lipinski definition) is 4. The lowest BCUT2D eigenvalue weighted by molar-refractivity contribution is -0.128. The van der Waals surface area contributed by atoms with E-state index in [-0.39, 0.29) is 11.9 Å². The summed E-state index contributed by atoms with van der Waals surface area (Å²) in [6.45, 7) is 6.00. The van der Waals surface area contributed by atoms with Crippen molar-refractivity contribution in [3.05, 3.63) is 54.1 Å². The first-order valence-electron chi connectivity index (χ1n) is 8.29. The van der Waals surface area contributed by atoms with Crippen LogP contribution < -0.4 is 19.5 Å². The van der Waals surface area contributed by atoms with Gasteiger partial charge < -0.3 is 19.5 Å². The van der Waals surface area contributed by atoms with Gasteiger partial charge in [0.25, 0.3) is 5.91 Å². The standard InChI is InChI=1S/C20H25NO4/c1-14-7-5-6-8-19(14)24-13-15(2)21-20(22)16(3)25-18-11-9-17(23-4)10-12-18/h5-12,15-16H,13H2,1-4H3,(H,21,22)/t15-,16+/m1/s1. The number of hydrogen-bond donors (Lipinski definition) is 1. The highest BCUT2D eigenvalue weighted by molar-refractivity contribution is 5.81. The molecule has 25 heavy (non-hydrogen) atoms. The highest BCUT2D eigenvalue weighted by Crippen LogP contribution is 2.18. The maximum atomic E-state index is 12.2. The first kappa shape index (κ1) is 18.6. The molecule has 0 aliphatic rings. The van der Waals surface area contributed by atoms with Gasteiger partial charge in [-0.1, -0.05) is 18.2 Å². The van der Waals surface area contributed by atoms with E-state index in [4.69, 9.17) is 14.2 Å². The van der Waals surface area contributed by atoms with E-state index >= 15 is 0 Å². The summed E-state index contributed by atoms with van der Waals surface area (Å²) >= 11 is 0. The lowest BCUT2D eigenvalue weighted by Gasteiger charge is -2.19.